The molecule has 2 aromatic carbocycles. The highest BCUT2D eigenvalue weighted by atomic mass is 19.1. The zero-order chi connectivity index (χ0) is 23.0. The lowest BCUT2D eigenvalue weighted by molar-refractivity contribution is -0.129. The van der Waals surface area contributed by atoms with E-state index in [1.54, 1.807) is 35.2 Å². The molecular formula is C26H29F2NO2. The van der Waals surface area contributed by atoms with Gasteiger partial charge in [0.05, 0.1) is 18.1 Å². The number of hydrogen-bond donors (Lipinski definition) is 1. The lowest BCUT2D eigenvalue weighted by Gasteiger charge is -2.48. The molecule has 0 saturated carbocycles. The van der Waals surface area contributed by atoms with Gasteiger partial charge in [-0.3, -0.25) is 4.79 Å². The summed E-state index contributed by atoms with van der Waals surface area (Å²) in [5, 5.41) is 10.3. The fourth-order valence-electron chi connectivity index (χ4n) is 3.61. The molecule has 0 aromatic heterocycles. The van der Waals surface area contributed by atoms with Gasteiger partial charge in [0.2, 0.25) is 5.91 Å². The van der Waals surface area contributed by atoms with Crippen LogP contribution >= 0.6 is 0 Å². The molecule has 3 nitrogen and oxygen atoms in total. The molecule has 1 aliphatic heterocycles. The predicted molar refractivity (Wildman–Crippen MR) is 122 cm³/mol. The first-order chi connectivity index (χ1) is 14.8. The highest BCUT2D eigenvalue weighted by molar-refractivity contribution is 6.03. The fraction of sp³-hybridized carbons (Fsp3) is 0.269. The number of benzene rings is 2. The smallest absolute Gasteiger partial charge is 0.233 e. The Morgan fingerprint density at radius 1 is 1.13 bits per heavy atom. The first kappa shape index (κ1) is 24.2. The Bertz CT molecular complexity index is 919. The van der Waals surface area contributed by atoms with Crippen molar-refractivity contribution in [1.29, 1.82) is 0 Å². The topological polar surface area (TPSA) is 40.5 Å². The van der Waals surface area contributed by atoms with E-state index in [4.69, 9.17) is 0 Å². The van der Waals surface area contributed by atoms with Crippen molar-refractivity contribution in [3.63, 3.8) is 0 Å². The molecule has 3 rings (SSSR count). The van der Waals surface area contributed by atoms with Gasteiger partial charge >= 0.3 is 0 Å². The summed E-state index contributed by atoms with van der Waals surface area (Å²) in [7, 11) is 0. The van der Waals surface area contributed by atoms with Crippen LogP contribution in [0.1, 0.15) is 38.4 Å². The van der Waals surface area contributed by atoms with Gasteiger partial charge in [-0.05, 0) is 68.7 Å². The Kier molecular flexibility index (Phi) is 8.88. The van der Waals surface area contributed by atoms with Crippen LogP contribution in [0.25, 0.3) is 0 Å². The number of aliphatic hydroxyl groups excluding tert-OH is 1. The van der Waals surface area contributed by atoms with Gasteiger partial charge in [0, 0.05) is 5.69 Å². The summed E-state index contributed by atoms with van der Waals surface area (Å²) in [6.07, 6.45) is 5.71. The van der Waals surface area contributed by atoms with Crippen molar-refractivity contribution < 1.29 is 18.7 Å². The second-order valence-corrected chi connectivity index (χ2v) is 7.49. The Balaban J connectivity index is 0.000000614. The maximum absolute atomic E-state index is 13.1. The number of allylic oxidation sites excluding steroid dienone is 3. The van der Waals surface area contributed by atoms with E-state index in [1.807, 2.05) is 26.0 Å². The first-order valence-electron chi connectivity index (χ1n) is 10.2. The molecule has 1 amide bonds. The molecule has 0 radical (unpaired) electrons. The zero-order valence-electron chi connectivity index (χ0n) is 18.0. The van der Waals surface area contributed by atoms with Crippen molar-refractivity contribution in [3.8, 4) is 0 Å². The van der Waals surface area contributed by atoms with E-state index in [2.05, 4.69) is 13.2 Å². The summed E-state index contributed by atoms with van der Waals surface area (Å²) in [6.45, 7) is 11.3. The van der Waals surface area contributed by atoms with Gasteiger partial charge in [-0.2, -0.15) is 0 Å². The lowest BCUT2D eigenvalue weighted by Crippen LogP contribution is -2.61. The summed E-state index contributed by atoms with van der Waals surface area (Å²) < 4.78 is 26.1. The average molecular weight is 426 g/mol. The van der Waals surface area contributed by atoms with E-state index in [9.17, 15) is 18.7 Å². The minimum absolute atomic E-state index is 0.0593. The molecule has 1 heterocycles. The van der Waals surface area contributed by atoms with Gasteiger partial charge in [0.1, 0.15) is 11.6 Å². The summed E-state index contributed by atoms with van der Waals surface area (Å²) in [5.74, 6) is -1.04. The van der Waals surface area contributed by atoms with Crippen LogP contribution in [0.15, 0.2) is 85.5 Å². The average Bonchev–Trinajstić information content (AvgIpc) is 2.74. The minimum atomic E-state index is -0.756. The van der Waals surface area contributed by atoms with Gasteiger partial charge in [0.25, 0.3) is 0 Å². The largest absolute Gasteiger partial charge is 0.388 e. The number of β-lactam (4-membered cyclic amide) rings is 1. The van der Waals surface area contributed by atoms with Crippen molar-refractivity contribution in [1.82, 2.24) is 0 Å². The van der Waals surface area contributed by atoms with Crippen molar-refractivity contribution in [2.45, 2.75) is 38.8 Å². The maximum Gasteiger partial charge on any atom is 0.233 e. The number of halogens is 2. The number of rotatable bonds is 7. The number of aliphatic hydroxyl groups is 1. The number of nitrogens with zero attached hydrogens (tertiary/aromatic N) is 1. The third kappa shape index (κ3) is 6.22. The highest BCUT2D eigenvalue weighted by Crippen LogP contribution is 2.39. The standard InChI is InChI=1S/C21H21F2NO2.C5H8/c1-13(2)20-18(11-12-19(25)14-3-5-15(22)6-4-14)21(26)24(20)17-9-7-16(23)8-10-17;1-3-5-4-2/h3-10,18-20,25H,1,11-12H2,2H3;3-5H,1H2,2H3/b;5-4-/t18-,19?,20?;/m1./s1. The van der Waals surface area contributed by atoms with Crippen LogP contribution < -0.4 is 4.90 Å². The van der Waals surface area contributed by atoms with Crippen LogP contribution in [-0.2, 0) is 4.79 Å². The third-order valence-corrected chi connectivity index (χ3v) is 5.16. The minimum Gasteiger partial charge on any atom is -0.388 e. The van der Waals surface area contributed by atoms with Crippen molar-refractivity contribution >= 4 is 11.6 Å². The van der Waals surface area contributed by atoms with E-state index in [0.29, 0.717) is 24.1 Å². The van der Waals surface area contributed by atoms with E-state index in [0.717, 1.165) is 5.57 Å². The van der Waals surface area contributed by atoms with Gasteiger partial charge in [-0.25, -0.2) is 8.78 Å². The number of anilines is 1. The summed E-state index contributed by atoms with van der Waals surface area (Å²) in [5.41, 5.74) is 2.11. The molecule has 3 atom stereocenters. The molecule has 2 aromatic rings. The van der Waals surface area contributed by atoms with Crippen LogP contribution in [0.3, 0.4) is 0 Å². The van der Waals surface area contributed by atoms with Gasteiger partial charge < -0.3 is 10.0 Å². The third-order valence-electron chi connectivity index (χ3n) is 5.16. The molecule has 1 aliphatic rings. The van der Waals surface area contributed by atoms with Crippen LogP contribution in [0, 0.1) is 17.6 Å². The Morgan fingerprint density at radius 2 is 1.68 bits per heavy atom. The molecule has 1 fully saturated rings. The van der Waals surface area contributed by atoms with Crippen molar-refractivity contribution in [2.75, 3.05) is 4.90 Å². The first-order valence-corrected chi connectivity index (χ1v) is 10.2. The van der Waals surface area contributed by atoms with E-state index < -0.39 is 6.10 Å². The molecule has 0 aliphatic carbocycles. The van der Waals surface area contributed by atoms with Crippen LogP contribution in [-0.4, -0.2) is 17.1 Å². The van der Waals surface area contributed by atoms with Crippen LogP contribution in [0.2, 0.25) is 0 Å². The van der Waals surface area contributed by atoms with Crippen LogP contribution in [0.4, 0.5) is 14.5 Å². The molecule has 31 heavy (non-hydrogen) atoms. The lowest BCUT2D eigenvalue weighted by atomic mass is 9.79. The second kappa shape index (κ2) is 11.4. The van der Waals surface area contributed by atoms with Crippen molar-refractivity contribution in [2.24, 2.45) is 5.92 Å². The molecule has 1 N–H and O–H groups in total. The summed E-state index contributed by atoms with van der Waals surface area (Å²) in [4.78, 5) is 14.2. The highest BCUT2D eigenvalue weighted by Gasteiger charge is 2.47. The SMILES string of the molecule is C=C(C)C1[C@@H](CCC(O)c2ccc(F)cc2)C(=O)N1c1ccc(F)cc1.C=C/C=C\C. The Morgan fingerprint density at radius 3 is 2.13 bits per heavy atom. The predicted octanol–water partition coefficient (Wildman–Crippen LogP) is 6.13. The van der Waals surface area contributed by atoms with Gasteiger partial charge in [-0.1, -0.05) is 49.1 Å². The number of carbonyl (C=O) groups is 1. The van der Waals surface area contributed by atoms with Gasteiger partial charge in [-0.15, -0.1) is 0 Å². The Hall–Kier alpha value is -3.05. The Labute approximate surface area is 183 Å². The monoisotopic (exact) mass is 425 g/mol. The number of amides is 1. The van der Waals surface area contributed by atoms with E-state index in [-0.39, 0.29) is 29.5 Å². The fourth-order valence-corrected chi connectivity index (χ4v) is 3.61. The normalized spacial score (nSPS) is 18.7. The number of hydrogen-bond acceptors (Lipinski definition) is 2. The maximum atomic E-state index is 13.1. The van der Waals surface area contributed by atoms with Crippen LogP contribution in [0.5, 0.6) is 0 Å². The zero-order valence-corrected chi connectivity index (χ0v) is 18.0. The van der Waals surface area contributed by atoms with E-state index >= 15 is 0 Å². The van der Waals surface area contributed by atoms with Crippen molar-refractivity contribution in [3.05, 3.63) is 103 Å². The molecule has 0 spiro atoms. The van der Waals surface area contributed by atoms with Gasteiger partial charge in [0.15, 0.2) is 0 Å². The molecule has 0 bridgehead atoms. The molecule has 1 saturated heterocycles. The molecular weight excluding hydrogens is 396 g/mol. The number of carbonyl (C=O) groups excluding carboxylic acids is 1. The summed E-state index contributed by atoms with van der Waals surface area (Å²) >= 11 is 0. The second-order valence-electron chi connectivity index (χ2n) is 7.49. The molecule has 5 heteroatoms. The quantitative estimate of drug-likeness (QED) is 0.329. The van der Waals surface area contributed by atoms with E-state index in [1.165, 1.54) is 24.3 Å². The summed E-state index contributed by atoms with van der Waals surface area (Å²) in [6, 6.07) is 11.3. The molecule has 2 unspecified atom stereocenters. The molecule has 164 valence electrons.